The van der Waals surface area contributed by atoms with Crippen molar-refractivity contribution in [2.24, 2.45) is 0 Å². The van der Waals surface area contributed by atoms with Gasteiger partial charge in [-0.05, 0) is 10.4 Å². The Morgan fingerprint density at radius 1 is 1.35 bits per heavy atom. The predicted molar refractivity (Wildman–Crippen MR) is 52.4 cm³/mol. The second-order valence-corrected chi connectivity index (χ2v) is 3.89. The Hall–Kier alpha value is -0.870. The third-order valence-corrected chi connectivity index (χ3v) is 2.73. The first-order chi connectivity index (χ1) is 7.96. The fourth-order valence-electron chi connectivity index (χ4n) is 0.947. The summed E-state index contributed by atoms with van der Waals surface area (Å²) in [6.45, 7) is 0.125. The van der Waals surface area contributed by atoms with Gasteiger partial charge in [-0.15, -0.1) is 5.10 Å². The van der Waals surface area contributed by atoms with Gasteiger partial charge in [0.05, 0.1) is 12.3 Å². The van der Waals surface area contributed by atoms with Crippen LogP contribution in [0.4, 0.5) is 13.2 Å². The van der Waals surface area contributed by atoms with E-state index >= 15 is 0 Å². The molecule has 0 aliphatic carbocycles. The van der Waals surface area contributed by atoms with Crippen LogP contribution in [-0.4, -0.2) is 52.6 Å². The highest BCUT2D eigenvalue weighted by atomic mass is 32.2. The third-order valence-electron chi connectivity index (χ3n) is 1.71. The maximum Gasteiger partial charge on any atom is 0.398 e. The number of hydrogen-bond donors (Lipinski definition) is 0. The summed E-state index contributed by atoms with van der Waals surface area (Å²) in [4.78, 5) is 0. The molecule has 10 heteroatoms. The summed E-state index contributed by atoms with van der Waals surface area (Å²) < 4.78 is 47.1. The lowest BCUT2D eigenvalue weighted by Crippen LogP contribution is -2.22. The standard InChI is InChI=1S/C7H11F3N4O2S/c1-15-5(16-2)3-14-6(11-12-13-14)17-4-7(8,9)10/h5H,3-4H2,1-2H3. The molecule has 0 aromatic carbocycles. The van der Waals surface area contributed by atoms with E-state index in [1.165, 1.54) is 18.9 Å². The third kappa shape index (κ3) is 4.88. The van der Waals surface area contributed by atoms with Crippen molar-refractivity contribution in [1.29, 1.82) is 0 Å². The average molecular weight is 272 g/mol. The summed E-state index contributed by atoms with van der Waals surface area (Å²) >= 11 is 0.514. The fourth-order valence-corrected chi connectivity index (χ4v) is 1.59. The predicted octanol–water partition coefficient (Wildman–Crippen LogP) is 0.946. The summed E-state index contributed by atoms with van der Waals surface area (Å²) in [6.07, 6.45) is -4.87. The van der Waals surface area contributed by atoms with Crippen molar-refractivity contribution in [2.45, 2.75) is 24.2 Å². The molecule has 1 aromatic rings. The minimum Gasteiger partial charge on any atom is -0.354 e. The molecule has 0 radical (unpaired) electrons. The van der Waals surface area contributed by atoms with Crippen LogP contribution in [0.5, 0.6) is 0 Å². The van der Waals surface area contributed by atoms with Crippen molar-refractivity contribution < 1.29 is 22.6 Å². The van der Waals surface area contributed by atoms with E-state index in [2.05, 4.69) is 15.5 Å². The van der Waals surface area contributed by atoms with Gasteiger partial charge >= 0.3 is 6.18 Å². The van der Waals surface area contributed by atoms with E-state index in [4.69, 9.17) is 9.47 Å². The van der Waals surface area contributed by atoms with E-state index in [0.29, 0.717) is 11.8 Å². The first-order valence-corrected chi connectivity index (χ1v) is 5.46. The van der Waals surface area contributed by atoms with Crippen LogP contribution in [0, 0.1) is 0 Å². The zero-order valence-corrected chi connectivity index (χ0v) is 9.96. The number of thioether (sulfide) groups is 1. The molecule has 0 bridgehead atoms. The van der Waals surface area contributed by atoms with E-state index in [0.717, 1.165) is 0 Å². The van der Waals surface area contributed by atoms with E-state index < -0.39 is 18.2 Å². The van der Waals surface area contributed by atoms with E-state index in [-0.39, 0.29) is 11.7 Å². The van der Waals surface area contributed by atoms with E-state index in [1.807, 2.05) is 0 Å². The van der Waals surface area contributed by atoms with Gasteiger partial charge in [0.1, 0.15) is 0 Å². The number of nitrogens with zero attached hydrogens (tertiary/aromatic N) is 4. The molecule has 0 aliphatic rings. The topological polar surface area (TPSA) is 62.1 Å². The molecule has 1 heterocycles. The molecule has 0 saturated carbocycles. The minimum absolute atomic E-state index is 0.0708. The highest BCUT2D eigenvalue weighted by Gasteiger charge is 2.28. The first kappa shape index (κ1) is 14.2. The number of hydrogen-bond acceptors (Lipinski definition) is 6. The van der Waals surface area contributed by atoms with Crippen molar-refractivity contribution in [3.8, 4) is 0 Å². The highest BCUT2D eigenvalue weighted by molar-refractivity contribution is 7.99. The molecule has 0 unspecified atom stereocenters. The van der Waals surface area contributed by atoms with Crippen LogP contribution in [0.1, 0.15) is 0 Å². The van der Waals surface area contributed by atoms with Crippen LogP contribution in [0.25, 0.3) is 0 Å². The number of alkyl halides is 3. The summed E-state index contributed by atoms with van der Waals surface area (Å²) in [5, 5.41) is 10.4. The van der Waals surface area contributed by atoms with Gasteiger partial charge in [0, 0.05) is 14.2 Å². The van der Waals surface area contributed by atoms with Crippen molar-refractivity contribution in [3.63, 3.8) is 0 Å². The summed E-state index contributed by atoms with van der Waals surface area (Å²) in [7, 11) is 2.84. The molecule has 1 aromatic heterocycles. The molecule has 0 spiro atoms. The van der Waals surface area contributed by atoms with E-state index in [9.17, 15) is 13.2 Å². The van der Waals surface area contributed by atoms with Crippen molar-refractivity contribution >= 4 is 11.8 Å². The van der Waals surface area contributed by atoms with Gasteiger partial charge in [0.2, 0.25) is 5.16 Å². The smallest absolute Gasteiger partial charge is 0.354 e. The Morgan fingerprint density at radius 2 is 2.00 bits per heavy atom. The summed E-state index contributed by atoms with van der Waals surface area (Å²) in [5.41, 5.74) is 0. The van der Waals surface area contributed by atoms with Crippen LogP contribution >= 0.6 is 11.8 Å². The summed E-state index contributed by atoms with van der Waals surface area (Å²) in [6, 6.07) is 0. The second-order valence-electron chi connectivity index (χ2n) is 2.95. The normalized spacial score (nSPS) is 12.4. The molecule has 17 heavy (non-hydrogen) atoms. The number of rotatable bonds is 6. The van der Waals surface area contributed by atoms with Gasteiger partial charge in [0.15, 0.2) is 6.29 Å². The largest absolute Gasteiger partial charge is 0.398 e. The highest BCUT2D eigenvalue weighted by Crippen LogP contribution is 2.25. The van der Waals surface area contributed by atoms with Gasteiger partial charge in [0.25, 0.3) is 0 Å². The molecule has 0 atom stereocenters. The molecule has 1 rings (SSSR count). The maximum atomic E-state index is 12.0. The van der Waals surface area contributed by atoms with Gasteiger partial charge in [-0.1, -0.05) is 11.8 Å². The molecule has 0 fully saturated rings. The zero-order chi connectivity index (χ0) is 12.9. The molecular formula is C7H11F3N4O2S. The molecule has 0 amide bonds. The Bertz CT molecular complexity index is 342. The molecule has 98 valence electrons. The average Bonchev–Trinajstić information content (AvgIpc) is 2.69. The number of ether oxygens (including phenoxy) is 2. The molecule has 0 N–H and O–H groups in total. The Labute approximate surface area is 99.5 Å². The second kappa shape index (κ2) is 6.17. The van der Waals surface area contributed by atoms with E-state index in [1.54, 1.807) is 0 Å². The SMILES string of the molecule is COC(Cn1nnnc1SCC(F)(F)F)OC. The van der Waals surface area contributed by atoms with Crippen LogP contribution in [-0.2, 0) is 16.0 Å². The monoisotopic (exact) mass is 272 g/mol. The zero-order valence-electron chi connectivity index (χ0n) is 9.14. The van der Waals surface area contributed by atoms with Gasteiger partial charge in [-0.2, -0.15) is 13.2 Å². The quantitative estimate of drug-likeness (QED) is 0.567. The van der Waals surface area contributed by atoms with Crippen LogP contribution in [0.3, 0.4) is 0 Å². The lowest BCUT2D eigenvalue weighted by molar-refractivity contribution is -0.114. The molecular weight excluding hydrogens is 261 g/mol. The molecule has 0 saturated heterocycles. The van der Waals surface area contributed by atoms with Crippen molar-refractivity contribution in [1.82, 2.24) is 20.2 Å². The Morgan fingerprint density at radius 3 is 2.53 bits per heavy atom. The van der Waals surface area contributed by atoms with Gasteiger partial charge in [-0.25, -0.2) is 4.68 Å². The fraction of sp³-hybridized carbons (Fsp3) is 0.857. The molecule has 6 nitrogen and oxygen atoms in total. The van der Waals surface area contributed by atoms with Crippen LogP contribution in [0.2, 0.25) is 0 Å². The Kier molecular flexibility index (Phi) is 5.15. The van der Waals surface area contributed by atoms with Crippen molar-refractivity contribution in [3.05, 3.63) is 0 Å². The lowest BCUT2D eigenvalue weighted by atomic mass is 10.6. The van der Waals surface area contributed by atoms with Gasteiger partial charge < -0.3 is 9.47 Å². The van der Waals surface area contributed by atoms with Crippen LogP contribution in [0.15, 0.2) is 5.16 Å². The Balaban J connectivity index is 2.59. The van der Waals surface area contributed by atoms with Crippen LogP contribution < -0.4 is 0 Å². The lowest BCUT2D eigenvalue weighted by Gasteiger charge is -2.13. The molecule has 0 aliphatic heterocycles. The number of aromatic nitrogens is 4. The van der Waals surface area contributed by atoms with Crippen molar-refractivity contribution in [2.75, 3.05) is 20.0 Å². The minimum atomic E-state index is -4.26. The number of halogens is 3. The maximum absolute atomic E-state index is 12.0. The first-order valence-electron chi connectivity index (χ1n) is 4.47. The number of methoxy groups -OCH3 is 2. The number of tetrazole rings is 1. The summed E-state index contributed by atoms with van der Waals surface area (Å²) in [5.74, 6) is -1.04. The van der Waals surface area contributed by atoms with Gasteiger partial charge in [-0.3, -0.25) is 0 Å².